The molecule has 3 nitrogen and oxygen atoms in total. The fraction of sp³-hybridized carbons (Fsp3) is 0.176. The van der Waals surface area contributed by atoms with Gasteiger partial charge in [0.15, 0.2) is 0 Å². The molecule has 1 unspecified atom stereocenters. The van der Waals surface area contributed by atoms with E-state index in [0.717, 1.165) is 6.42 Å². The Balaban J connectivity index is 2.04. The molecule has 0 radical (unpaired) electrons. The monoisotopic (exact) mass is 332 g/mol. The fourth-order valence-electron chi connectivity index (χ4n) is 2.54. The van der Waals surface area contributed by atoms with E-state index in [1.165, 1.54) is 5.56 Å². The van der Waals surface area contributed by atoms with Gasteiger partial charge in [-0.05, 0) is 31.0 Å². The fourth-order valence-corrected chi connectivity index (χ4v) is 3.08. The Morgan fingerprint density at radius 1 is 1.18 bits per heavy atom. The summed E-state index contributed by atoms with van der Waals surface area (Å²) in [5.74, 6) is 0. The third kappa shape index (κ3) is 2.87. The van der Waals surface area contributed by atoms with Gasteiger partial charge < -0.3 is 0 Å². The van der Waals surface area contributed by atoms with Crippen LogP contribution in [0.15, 0.2) is 53.6 Å². The molecule has 0 aliphatic rings. The number of hydrogen-bond acceptors (Lipinski definition) is 2. The van der Waals surface area contributed by atoms with Gasteiger partial charge >= 0.3 is 0 Å². The van der Waals surface area contributed by atoms with Crippen molar-refractivity contribution in [3.8, 4) is 0 Å². The van der Waals surface area contributed by atoms with E-state index in [1.807, 2.05) is 37.3 Å². The van der Waals surface area contributed by atoms with Crippen molar-refractivity contribution in [1.29, 1.82) is 0 Å². The maximum absolute atomic E-state index is 12.7. The number of nitrogens with zero attached hydrogens (tertiary/aromatic N) is 2. The molecule has 0 N–H and O–H groups in total. The van der Waals surface area contributed by atoms with Gasteiger partial charge in [0, 0.05) is 11.1 Å². The lowest BCUT2D eigenvalue weighted by Crippen LogP contribution is -2.25. The second-order valence-electron chi connectivity index (χ2n) is 5.28. The van der Waals surface area contributed by atoms with Crippen molar-refractivity contribution in [2.24, 2.45) is 0 Å². The third-order valence-corrected chi connectivity index (χ3v) is 4.16. The van der Waals surface area contributed by atoms with E-state index in [1.54, 1.807) is 23.0 Å². The topological polar surface area (TPSA) is 34.9 Å². The largest absolute Gasteiger partial charge is 0.296 e. The van der Waals surface area contributed by atoms with Crippen LogP contribution >= 0.6 is 23.2 Å². The molecule has 0 amide bonds. The van der Waals surface area contributed by atoms with Crippen LogP contribution in [0.3, 0.4) is 0 Å². The van der Waals surface area contributed by atoms with Crippen LogP contribution in [0.2, 0.25) is 10.0 Å². The predicted molar refractivity (Wildman–Crippen MR) is 90.9 cm³/mol. The predicted octanol–water partition coefficient (Wildman–Crippen LogP) is 4.51. The quantitative estimate of drug-likeness (QED) is 0.707. The Morgan fingerprint density at radius 3 is 2.64 bits per heavy atom. The highest BCUT2D eigenvalue weighted by Crippen LogP contribution is 2.24. The summed E-state index contributed by atoms with van der Waals surface area (Å²) in [6, 6.07) is 13.2. The zero-order valence-electron chi connectivity index (χ0n) is 12.0. The Hall–Kier alpha value is -1.84. The Labute approximate surface area is 138 Å². The van der Waals surface area contributed by atoms with Gasteiger partial charge in [-0.3, -0.25) is 9.36 Å². The number of halogens is 2. The van der Waals surface area contributed by atoms with E-state index in [4.69, 9.17) is 23.2 Å². The average molecular weight is 333 g/mol. The smallest absolute Gasteiger partial charge is 0.261 e. The maximum Gasteiger partial charge on any atom is 0.261 e. The summed E-state index contributed by atoms with van der Waals surface area (Å²) in [6.45, 7) is 1.99. The highest BCUT2D eigenvalue weighted by Gasteiger charge is 2.13. The van der Waals surface area contributed by atoms with Crippen LogP contribution < -0.4 is 5.56 Å². The molecule has 1 atom stereocenters. The molecule has 0 aliphatic carbocycles. The van der Waals surface area contributed by atoms with Gasteiger partial charge in [0.1, 0.15) is 0 Å². The van der Waals surface area contributed by atoms with E-state index in [0.29, 0.717) is 20.9 Å². The molecule has 0 fully saturated rings. The Morgan fingerprint density at radius 2 is 1.91 bits per heavy atom. The number of hydrogen-bond donors (Lipinski definition) is 0. The second kappa shape index (κ2) is 6.11. The number of benzene rings is 2. The summed E-state index contributed by atoms with van der Waals surface area (Å²) >= 11 is 12.1. The van der Waals surface area contributed by atoms with Gasteiger partial charge in [-0.2, -0.15) is 0 Å². The average Bonchev–Trinajstić information content (AvgIpc) is 2.49. The van der Waals surface area contributed by atoms with Gasteiger partial charge in [0.05, 0.1) is 22.3 Å². The SMILES string of the molecule is CC(Cc1ccccc1)n1cnc2c(Cl)cc(Cl)cc2c1=O. The van der Waals surface area contributed by atoms with Crippen molar-refractivity contribution in [2.45, 2.75) is 19.4 Å². The first-order chi connectivity index (χ1) is 10.6. The molecule has 2 aromatic carbocycles. The molecule has 5 heteroatoms. The molecule has 112 valence electrons. The van der Waals surface area contributed by atoms with Crippen LogP contribution in [-0.2, 0) is 6.42 Å². The van der Waals surface area contributed by atoms with Gasteiger partial charge in [0.2, 0.25) is 0 Å². The van der Waals surface area contributed by atoms with Crippen molar-refractivity contribution >= 4 is 34.1 Å². The second-order valence-corrected chi connectivity index (χ2v) is 6.12. The van der Waals surface area contributed by atoms with Crippen molar-refractivity contribution in [1.82, 2.24) is 9.55 Å². The van der Waals surface area contributed by atoms with Gasteiger partial charge in [-0.15, -0.1) is 0 Å². The highest BCUT2D eigenvalue weighted by atomic mass is 35.5. The zero-order valence-corrected chi connectivity index (χ0v) is 13.5. The van der Waals surface area contributed by atoms with Crippen LogP contribution in [0.4, 0.5) is 0 Å². The highest BCUT2D eigenvalue weighted by molar-refractivity contribution is 6.38. The van der Waals surface area contributed by atoms with E-state index < -0.39 is 0 Å². The molecule has 0 saturated carbocycles. The van der Waals surface area contributed by atoms with E-state index in [9.17, 15) is 4.79 Å². The van der Waals surface area contributed by atoms with Crippen LogP contribution in [0.25, 0.3) is 10.9 Å². The molecule has 0 bridgehead atoms. The van der Waals surface area contributed by atoms with E-state index in [2.05, 4.69) is 4.98 Å². The minimum atomic E-state index is -0.127. The number of rotatable bonds is 3. The normalized spacial score (nSPS) is 12.5. The van der Waals surface area contributed by atoms with Crippen LogP contribution in [0, 0.1) is 0 Å². The van der Waals surface area contributed by atoms with Gasteiger partial charge in [0.25, 0.3) is 5.56 Å². The molecule has 3 rings (SSSR count). The lowest BCUT2D eigenvalue weighted by molar-refractivity contribution is 0.523. The van der Waals surface area contributed by atoms with Crippen molar-refractivity contribution < 1.29 is 0 Å². The zero-order chi connectivity index (χ0) is 15.7. The third-order valence-electron chi connectivity index (χ3n) is 3.65. The first kappa shape index (κ1) is 15.1. The lowest BCUT2D eigenvalue weighted by atomic mass is 10.1. The molecular formula is C17H14Cl2N2O. The summed E-state index contributed by atoms with van der Waals surface area (Å²) < 4.78 is 1.63. The van der Waals surface area contributed by atoms with Crippen LogP contribution in [0.1, 0.15) is 18.5 Å². The molecule has 1 aromatic heterocycles. The number of aromatic nitrogens is 2. The molecular weight excluding hydrogens is 319 g/mol. The Kier molecular flexibility index (Phi) is 4.19. The van der Waals surface area contributed by atoms with Gasteiger partial charge in [-0.25, -0.2) is 4.98 Å². The first-order valence-electron chi connectivity index (χ1n) is 6.96. The molecule has 0 aliphatic heterocycles. The molecule has 22 heavy (non-hydrogen) atoms. The van der Waals surface area contributed by atoms with Crippen molar-refractivity contribution in [3.05, 3.63) is 74.8 Å². The summed E-state index contributed by atoms with van der Waals surface area (Å²) in [7, 11) is 0. The minimum Gasteiger partial charge on any atom is -0.296 e. The van der Waals surface area contributed by atoms with E-state index in [-0.39, 0.29) is 11.6 Å². The van der Waals surface area contributed by atoms with Crippen LogP contribution in [-0.4, -0.2) is 9.55 Å². The lowest BCUT2D eigenvalue weighted by Gasteiger charge is -2.15. The molecule has 3 aromatic rings. The summed E-state index contributed by atoms with van der Waals surface area (Å²) in [4.78, 5) is 17.0. The van der Waals surface area contributed by atoms with E-state index >= 15 is 0 Å². The minimum absolute atomic E-state index is 0.00967. The molecule has 1 heterocycles. The molecule has 0 spiro atoms. The van der Waals surface area contributed by atoms with Crippen molar-refractivity contribution in [2.75, 3.05) is 0 Å². The number of fused-ring (bicyclic) bond motifs is 1. The summed E-state index contributed by atoms with van der Waals surface area (Å²) in [6.07, 6.45) is 2.31. The summed E-state index contributed by atoms with van der Waals surface area (Å²) in [5, 5.41) is 1.27. The summed E-state index contributed by atoms with van der Waals surface area (Å²) in [5.41, 5.74) is 1.53. The van der Waals surface area contributed by atoms with Crippen LogP contribution in [0.5, 0.6) is 0 Å². The first-order valence-corrected chi connectivity index (χ1v) is 7.71. The molecule has 0 saturated heterocycles. The Bertz CT molecular complexity index is 875. The van der Waals surface area contributed by atoms with Gasteiger partial charge in [-0.1, -0.05) is 53.5 Å². The standard InChI is InChI=1S/C17H14Cl2N2O/c1-11(7-12-5-3-2-4-6-12)21-10-20-16-14(17(21)22)8-13(18)9-15(16)19/h2-6,8-11H,7H2,1H3. The van der Waals surface area contributed by atoms with Crippen molar-refractivity contribution in [3.63, 3.8) is 0 Å². The maximum atomic E-state index is 12.7.